The zero-order chi connectivity index (χ0) is 18.2. The van der Waals surface area contributed by atoms with Gasteiger partial charge < -0.3 is 5.32 Å². The molecule has 0 unspecified atom stereocenters. The molecule has 1 nitrogen and oxygen atoms in total. The van der Waals surface area contributed by atoms with Crippen molar-refractivity contribution in [2.45, 2.75) is 6.92 Å². The summed E-state index contributed by atoms with van der Waals surface area (Å²) in [5.41, 5.74) is 6.91. The lowest BCUT2D eigenvalue weighted by Crippen LogP contribution is -1.95. The van der Waals surface area contributed by atoms with Gasteiger partial charge in [0.2, 0.25) is 0 Å². The molecule has 0 spiro atoms. The van der Waals surface area contributed by atoms with E-state index in [1.54, 1.807) is 0 Å². The van der Waals surface area contributed by atoms with Crippen molar-refractivity contribution in [1.82, 2.24) is 0 Å². The van der Waals surface area contributed by atoms with Crippen LogP contribution in [0.15, 0.2) is 115 Å². The summed E-state index contributed by atoms with van der Waals surface area (Å²) in [6.07, 6.45) is 7.81. The van der Waals surface area contributed by atoms with Gasteiger partial charge in [0, 0.05) is 11.4 Å². The monoisotopic (exact) mass is 337 g/mol. The van der Waals surface area contributed by atoms with Gasteiger partial charge in [0.1, 0.15) is 0 Å². The van der Waals surface area contributed by atoms with Gasteiger partial charge >= 0.3 is 0 Å². The molecule has 1 N–H and O–H groups in total. The Labute approximate surface area is 156 Å². The molecule has 0 aliphatic carbocycles. The molecule has 0 aliphatic rings. The molecule has 3 aromatic rings. The first kappa shape index (κ1) is 17.5. The van der Waals surface area contributed by atoms with Gasteiger partial charge in [0.25, 0.3) is 0 Å². The molecule has 0 bridgehead atoms. The Morgan fingerprint density at radius 2 is 1.23 bits per heavy atom. The van der Waals surface area contributed by atoms with Crippen molar-refractivity contribution in [2.24, 2.45) is 0 Å². The lowest BCUT2D eigenvalue weighted by atomic mass is 10.0. The third-order valence-electron chi connectivity index (χ3n) is 4.19. The summed E-state index contributed by atoms with van der Waals surface area (Å²) in [4.78, 5) is 0. The number of nitrogens with one attached hydrogen (secondary N) is 1. The Bertz CT molecular complexity index is 899. The van der Waals surface area contributed by atoms with Crippen LogP contribution >= 0.6 is 0 Å². The first-order chi connectivity index (χ1) is 12.8. The van der Waals surface area contributed by atoms with Crippen LogP contribution in [0.1, 0.15) is 6.92 Å². The Kier molecular flexibility index (Phi) is 5.84. The molecule has 0 saturated carbocycles. The molecule has 0 radical (unpaired) electrons. The number of hydrogen-bond donors (Lipinski definition) is 1. The van der Waals surface area contributed by atoms with E-state index in [0.717, 1.165) is 11.4 Å². The Hall–Kier alpha value is -3.32. The van der Waals surface area contributed by atoms with E-state index in [-0.39, 0.29) is 0 Å². The Morgan fingerprint density at radius 3 is 1.73 bits per heavy atom. The van der Waals surface area contributed by atoms with Crippen LogP contribution in [0.3, 0.4) is 0 Å². The maximum Gasteiger partial charge on any atom is 0.0384 e. The van der Waals surface area contributed by atoms with Crippen LogP contribution < -0.4 is 5.32 Å². The summed E-state index contributed by atoms with van der Waals surface area (Å²) < 4.78 is 0. The molecule has 0 atom stereocenters. The number of anilines is 1. The number of hydrogen-bond acceptors (Lipinski definition) is 1. The standard InChI is InChI=1S/C25H23N/c1-3-5-11-24(4-2)26-25-18-16-23(17-19-25)22-14-12-21(13-15-22)20-9-7-6-8-10-20/h3-19,26H,2H2,1H3/b5-3-,24-11+. The van der Waals surface area contributed by atoms with Crippen molar-refractivity contribution in [1.29, 1.82) is 0 Å². The molecule has 0 aromatic heterocycles. The molecule has 0 fully saturated rings. The lowest BCUT2D eigenvalue weighted by Gasteiger charge is -2.09. The van der Waals surface area contributed by atoms with E-state index in [4.69, 9.17) is 0 Å². The average Bonchev–Trinajstić information content (AvgIpc) is 2.72. The SMILES string of the molecule is C=C/C(=C\C=C/C)Nc1ccc(-c2ccc(-c3ccccc3)cc2)cc1. The van der Waals surface area contributed by atoms with Crippen LogP contribution in [0.5, 0.6) is 0 Å². The molecular weight excluding hydrogens is 314 g/mol. The van der Waals surface area contributed by atoms with Gasteiger partial charge in [0.05, 0.1) is 0 Å². The summed E-state index contributed by atoms with van der Waals surface area (Å²) in [7, 11) is 0. The first-order valence-corrected chi connectivity index (χ1v) is 8.78. The maximum absolute atomic E-state index is 3.84. The maximum atomic E-state index is 3.84. The quantitative estimate of drug-likeness (QED) is 0.474. The van der Waals surface area contributed by atoms with E-state index < -0.39 is 0 Å². The van der Waals surface area contributed by atoms with Crippen LogP contribution in [0.4, 0.5) is 5.69 Å². The van der Waals surface area contributed by atoms with Crippen molar-refractivity contribution in [3.63, 3.8) is 0 Å². The van der Waals surface area contributed by atoms with Crippen molar-refractivity contribution < 1.29 is 0 Å². The zero-order valence-electron chi connectivity index (χ0n) is 15.0. The molecular formula is C25H23N. The third-order valence-corrected chi connectivity index (χ3v) is 4.19. The minimum Gasteiger partial charge on any atom is -0.356 e. The van der Waals surface area contributed by atoms with Crippen LogP contribution in [0.2, 0.25) is 0 Å². The van der Waals surface area contributed by atoms with Gasteiger partial charge in [-0.2, -0.15) is 0 Å². The summed E-state index contributed by atoms with van der Waals surface area (Å²) in [5.74, 6) is 0. The second-order valence-corrected chi connectivity index (χ2v) is 6.00. The zero-order valence-corrected chi connectivity index (χ0v) is 15.0. The van der Waals surface area contributed by atoms with Crippen molar-refractivity contribution in [3.8, 4) is 22.3 Å². The summed E-state index contributed by atoms with van der Waals surface area (Å²) in [5, 5.41) is 3.36. The van der Waals surface area contributed by atoms with E-state index in [1.807, 2.05) is 37.3 Å². The second kappa shape index (κ2) is 8.68. The van der Waals surface area contributed by atoms with Crippen LogP contribution in [-0.4, -0.2) is 0 Å². The molecule has 26 heavy (non-hydrogen) atoms. The first-order valence-electron chi connectivity index (χ1n) is 8.78. The van der Waals surface area contributed by atoms with E-state index in [0.29, 0.717) is 0 Å². The molecule has 1 heteroatoms. The average molecular weight is 337 g/mol. The smallest absolute Gasteiger partial charge is 0.0384 e. The van der Waals surface area contributed by atoms with Crippen LogP contribution in [-0.2, 0) is 0 Å². The van der Waals surface area contributed by atoms with Gasteiger partial charge in [-0.15, -0.1) is 0 Å². The Morgan fingerprint density at radius 1 is 0.731 bits per heavy atom. The lowest BCUT2D eigenvalue weighted by molar-refractivity contribution is 1.47. The minimum absolute atomic E-state index is 0.975. The highest BCUT2D eigenvalue weighted by Gasteiger charge is 2.01. The number of rotatable bonds is 6. The van der Waals surface area contributed by atoms with E-state index in [9.17, 15) is 0 Å². The van der Waals surface area contributed by atoms with E-state index in [1.165, 1.54) is 22.3 Å². The van der Waals surface area contributed by atoms with Crippen LogP contribution in [0, 0.1) is 0 Å². The summed E-state index contributed by atoms with van der Waals surface area (Å²) >= 11 is 0. The van der Waals surface area contributed by atoms with E-state index >= 15 is 0 Å². The van der Waals surface area contributed by atoms with E-state index in [2.05, 4.69) is 84.7 Å². The fraction of sp³-hybridized carbons (Fsp3) is 0.0400. The highest BCUT2D eigenvalue weighted by atomic mass is 14.9. The molecule has 3 rings (SSSR count). The number of benzene rings is 3. The predicted molar refractivity (Wildman–Crippen MR) is 114 cm³/mol. The fourth-order valence-corrected chi connectivity index (χ4v) is 2.76. The molecule has 0 heterocycles. The molecule has 128 valence electrons. The highest BCUT2D eigenvalue weighted by molar-refractivity contribution is 5.71. The topological polar surface area (TPSA) is 12.0 Å². The van der Waals surface area contributed by atoms with Gasteiger partial charge in [-0.3, -0.25) is 0 Å². The van der Waals surface area contributed by atoms with Gasteiger partial charge in [-0.05, 0) is 53.5 Å². The molecule has 0 amide bonds. The molecule has 0 saturated heterocycles. The van der Waals surface area contributed by atoms with Crippen molar-refractivity contribution >= 4 is 5.69 Å². The second-order valence-electron chi connectivity index (χ2n) is 6.00. The van der Waals surface area contributed by atoms with Crippen molar-refractivity contribution in [2.75, 3.05) is 5.32 Å². The highest BCUT2D eigenvalue weighted by Crippen LogP contribution is 2.26. The van der Waals surface area contributed by atoms with Gasteiger partial charge in [-0.25, -0.2) is 0 Å². The van der Waals surface area contributed by atoms with Gasteiger partial charge in [-0.1, -0.05) is 85.5 Å². The Balaban J connectivity index is 1.75. The van der Waals surface area contributed by atoms with Crippen LogP contribution in [0.25, 0.3) is 22.3 Å². The number of allylic oxidation sites excluding steroid dienone is 4. The third kappa shape index (κ3) is 4.40. The predicted octanol–water partition coefficient (Wildman–Crippen LogP) is 7.08. The minimum atomic E-state index is 0.975. The normalized spacial score (nSPS) is 11.5. The van der Waals surface area contributed by atoms with Gasteiger partial charge in [0.15, 0.2) is 0 Å². The summed E-state index contributed by atoms with van der Waals surface area (Å²) in [6.45, 7) is 5.84. The largest absolute Gasteiger partial charge is 0.356 e. The molecule has 3 aromatic carbocycles. The fourth-order valence-electron chi connectivity index (χ4n) is 2.76. The van der Waals surface area contributed by atoms with Crippen molar-refractivity contribution in [3.05, 3.63) is 115 Å². The summed E-state index contributed by atoms with van der Waals surface area (Å²) in [6, 6.07) is 27.6. The molecule has 0 aliphatic heterocycles.